The molecule has 0 radical (unpaired) electrons. The first-order chi connectivity index (χ1) is 9.50. The van der Waals surface area contributed by atoms with Gasteiger partial charge >= 0.3 is 0 Å². The normalized spacial score (nSPS) is 11.8. The highest BCUT2D eigenvalue weighted by atomic mass is 32.1. The molecule has 2 aromatic heterocycles. The van der Waals surface area contributed by atoms with Gasteiger partial charge in [0, 0.05) is 13.6 Å². The number of imidazole rings is 1. The molecule has 2 rings (SSSR count). The molecule has 5 heteroatoms. The Kier molecular flexibility index (Phi) is 5.02. The van der Waals surface area contributed by atoms with E-state index in [-0.39, 0.29) is 0 Å². The third kappa shape index (κ3) is 3.32. The third-order valence-corrected chi connectivity index (χ3v) is 4.16. The van der Waals surface area contributed by atoms with Crippen LogP contribution in [0.2, 0.25) is 0 Å². The highest BCUT2D eigenvalue weighted by Gasteiger charge is 2.11. The van der Waals surface area contributed by atoms with Gasteiger partial charge in [-0.2, -0.15) is 5.10 Å². The van der Waals surface area contributed by atoms with E-state index in [4.69, 9.17) is 12.2 Å². The van der Waals surface area contributed by atoms with Crippen LogP contribution in [0.4, 0.5) is 0 Å². The summed E-state index contributed by atoms with van der Waals surface area (Å²) in [4.78, 5) is 3.28. The number of H-pyrrole nitrogens is 1. The Labute approximate surface area is 126 Å². The highest BCUT2D eigenvalue weighted by molar-refractivity contribution is 7.71. The molecule has 4 nitrogen and oxygen atoms in total. The zero-order valence-electron chi connectivity index (χ0n) is 13.1. The van der Waals surface area contributed by atoms with Crippen molar-refractivity contribution < 1.29 is 0 Å². The minimum atomic E-state index is 0.818. The second-order valence-electron chi connectivity index (χ2n) is 6.09. The molecule has 0 spiro atoms. The van der Waals surface area contributed by atoms with E-state index in [1.54, 1.807) is 0 Å². The quantitative estimate of drug-likeness (QED) is 0.609. The number of rotatable bonds is 7. The Morgan fingerprint density at radius 3 is 2.60 bits per heavy atom. The van der Waals surface area contributed by atoms with Crippen LogP contribution in [-0.2, 0) is 13.6 Å². The fourth-order valence-corrected chi connectivity index (χ4v) is 3.04. The molecule has 0 atom stereocenters. The van der Waals surface area contributed by atoms with Gasteiger partial charge < -0.3 is 9.55 Å². The number of aryl methyl sites for hydroxylation is 3. The smallest absolute Gasteiger partial charge is 0.179 e. The molecule has 0 unspecified atom stereocenters. The Hall–Kier alpha value is -1.10. The molecule has 0 aromatic carbocycles. The van der Waals surface area contributed by atoms with Gasteiger partial charge in [0.2, 0.25) is 0 Å². The number of aromatic amines is 1. The Morgan fingerprint density at radius 2 is 1.90 bits per heavy atom. The molecule has 20 heavy (non-hydrogen) atoms. The van der Waals surface area contributed by atoms with Gasteiger partial charge in [0.05, 0.1) is 5.69 Å². The van der Waals surface area contributed by atoms with Crippen LogP contribution < -0.4 is 0 Å². The second kappa shape index (κ2) is 6.57. The zero-order valence-corrected chi connectivity index (χ0v) is 13.9. The van der Waals surface area contributed by atoms with Crippen molar-refractivity contribution in [2.24, 2.45) is 13.0 Å². The maximum Gasteiger partial charge on any atom is 0.179 e. The average molecular weight is 294 g/mol. The minimum absolute atomic E-state index is 0.818. The number of fused-ring (bicyclic) bond motifs is 1. The average Bonchev–Trinajstić information content (AvgIpc) is 2.83. The van der Waals surface area contributed by atoms with Gasteiger partial charge in [-0.1, -0.05) is 39.5 Å². The third-order valence-electron chi connectivity index (χ3n) is 3.84. The van der Waals surface area contributed by atoms with Gasteiger partial charge in [0.1, 0.15) is 5.52 Å². The monoisotopic (exact) mass is 294 g/mol. The maximum absolute atomic E-state index is 5.43. The van der Waals surface area contributed by atoms with E-state index in [0.717, 1.165) is 34.1 Å². The fourth-order valence-electron chi connectivity index (χ4n) is 2.76. The van der Waals surface area contributed by atoms with Crippen molar-refractivity contribution in [3.8, 4) is 0 Å². The van der Waals surface area contributed by atoms with Crippen LogP contribution in [0.1, 0.15) is 51.6 Å². The lowest BCUT2D eigenvalue weighted by atomic mass is 10.0. The Bertz CT molecular complexity index is 618. The summed E-state index contributed by atoms with van der Waals surface area (Å²) in [5.74, 6) is 0.824. The first-order valence-corrected chi connectivity index (χ1v) is 8.03. The minimum Gasteiger partial charge on any atom is -0.328 e. The number of hydrogen-bond donors (Lipinski definition) is 1. The van der Waals surface area contributed by atoms with Crippen LogP contribution in [0.15, 0.2) is 0 Å². The van der Waals surface area contributed by atoms with Gasteiger partial charge in [0.15, 0.2) is 10.4 Å². The molecule has 0 aliphatic heterocycles. The summed E-state index contributed by atoms with van der Waals surface area (Å²) in [6.45, 7) is 7.59. The zero-order chi connectivity index (χ0) is 14.7. The van der Waals surface area contributed by atoms with Crippen LogP contribution in [-0.4, -0.2) is 19.3 Å². The van der Waals surface area contributed by atoms with Crippen LogP contribution in [0.5, 0.6) is 0 Å². The summed E-state index contributed by atoms with van der Waals surface area (Å²) in [7, 11) is 1.98. The fraction of sp³-hybridized carbons (Fsp3) is 0.733. The Balaban J connectivity index is 1.93. The topological polar surface area (TPSA) is 38.5 Å². The van der Waals surface area contributed by atoms with Gasteiger partial charge in [-0.25, -0.2) is 0 Å². The van der Waals surface area contributed by atoms with Crippen molar-refractivity contribution in [2.45, 2.75) is 59.4 Å². The van der Waals surface area contributed by atoms with Gasteiger partial charge in [-0.3, -0.25) is 4.68 Å². The maximum atomic E-state index is 5.43. The summed E-state index contributed by atoms with van der Waals surface area (Å²) >= 11 is 5.43. The lowest BCUT2D eigenvalue weighted by Crippen LogP contribution is -2.03. The molecule has 0 aliphatic carbocycles. The van der Waals surface area contributed by atoms with E-state index in [2.05, 4.69) is 28.5 Å². The van der Waals surface area contributed by atoms with Crippen LogP contribution in [0.25, 0.3) is 11.2 Å². The molecule has 2 heterocycles. The van der Waals surface area contributed by atoms with Crippen molar-refractivity contribution in [3.63, 3.8) is 0 Å². The molecule has 0 saturated heterocycles. The van der Waals surface area contributed by atoms with Crippen molar-refractivity contribution in [2.75, 3.05) is 0 Å². The lowest BCUT2D eigenvalue weighted by molar-refractivity contribution is 0.505. The number of nitrogens with one attached hydrogen (secondary N) is 1. The van der Waals surface area contributed by atoms with Crippen molar-refractivity contribution in [1.29, 1.82) is 0 Å². The highest BCUT2D eigenvalue weighted by Crippen LogP contribution is 2.18. The van der Waals surface area contributed by atoms with Crippen molar-refractivity contribution in [1.82, 2.24) is 19.3 Å². The van der Waals surface area contributed by atoms with E-state index in [9.17, 15) is 0 Å². The molecule has 0 aliphatic rings. The molecule has 0 amide bonds. The number of nitrogens with zero attached hydrogens (tertiary/aromatic N) is 3. The molecule has 1 N–H and O–H groups in total. The molecule has 112 valence electrons. The second-order valence-corrected chi connectivity index (χ2v) is 6.47. The number of hydrogen-bond acceptors (Lipinski definition) is 2. The van der Waals surface area contributed by atoms with Crippen LogP contribution in [0, 0.1) is 17.6 Å². The number of aromatic nitrogens is 4. The summed E-state index contributed by atoms with van der Waals surface area (Å²) in [5.41, 5.74) is 3.22. The van der Waals surface area contributed by atoms with Crippen LogP contribution in [0.3, 0.4) is 0 Å². The van der Waals surface area contributed by atoms with E-state index in [1.807, 2.05) is 18.7 Å². The van der Waals surface area contributed by atoms with Gasteiger partial charge in [0.25, 0.3) is 0 Å². The molecule has 0 bridgehead atoms. The van der Waals surface area contributed by atoms with E-state index < -0.39 is 0 Å². The van der Waals surface area contributed by atoms with E-state index >= 15 is 0 Å². The van der Waals surface area contributed by atoms with Gasteiger partial charge in [-0.15, -0.1) is 0 Å². The van der Waals surface area contributed by atoms with E-state index in [0.29, 0.717) is 0 Å². The Morgan fingerprint density at radius 1 is 1.20 bits per heavy atom. The van der Waals surface area contributed by atoms with Crippen molar-refractivity contribution >= 4 is 23.4 Å². The summed E-state index contributed by atoms with van der Waals surface area (Å²) in [6.07, 6.45) is 6.47. The SMILES string of the molecule is Cc1nn(C)c2c1[nH]c(=S)n2CCCCCCC(C)C. The summed E-state index contributed by atoms with van der Waals surface area (Å²) in [6, 6.07) is 0. The van der Waals surface area contributed by atoms with Crippen LogP contribution >= 0.6 is 12.2 Å². The first-order valence-electron chi connectivity index (χ1n) is 7.62. The largest absolute Gasteiger partial charge is 0.328 e. The van der Waals surface area contributed by atoms with Crippen molar-refractivity contribution in [3.05, 3.63) is 10.5 Å². The lowest BCUT2D eigenvalue weighted by Gasteiger charge is -2.06. The summed E-state index contributed by atoms with van der Waals surface area (Å²) < 4.78 is 4.93. The summed E-state index contributed by atoms with van der Waals surface area (Å²) in [5, 5.41) is 4.45. The number of unbranched alkanes of at least 4 members (excludes halogenated alkanes) is 3. The molecule has 2 aromatic rings. The molecular formula is C15H26N4S. The van der Waals surface area contributed by atoms with Gasteiger partial charge in [-0.05, 0) is 31.5 Å². The molecule has 0 saturated carbocycles. The molecular weight excluding hydrogens is 268 g/mol. The van der Waals surface area contributed by atoms with E-state index in [1.165, 1.54) is 32.1 Å². The predicted octanol–water partition coefficient (Wildman–Crippen LogP) is 4.35. The first kappa shape index (κ1) is 15.3. The molecule has 0 fully saturated rings. The predicted molar refractivity (Wildman–Crippen MR) is 86.5 cm³/mol. The standard InChI is InChI=1S/C15H26N4S/c1-11(2)9-7-5-6-8-10-19-14-13(16-15(19)20)12(3)17-18(14)4/h11H,5-10H2,1-4H3,(H,16,20).